The van der Waals surface area contributed by atoms with Crippen LogP contribution in [-0.2, 0) is 15.0 Å². The second-order valence-electron chi connectivity index (χ2n) is 8.87. The molecule has 3 aliphatic rings. The summed E-state index contributed by atoms with van der Waals surface area (Å²) in [5.74, 6) is -0.834. The Morgan fingerprint density at radius 2 is 1.68 bits per heavy atom. The van der Waals surface area contributed by atoms with Crippen LogP contribution in [0.5, 0.6) is 0 Å². The molecular formula is C23H18Cl2N2O3S. The molecule has 5 rings (SSSR count). The quantitative estimate of drug-likeness (QED) is 0.554. The highest BCUT2D eigenvalue weighted by molar-refractivity contribution is 8.18. The first-order valence-electron chi connectivity index (χ1n) is 9.75. The molecule has 0 spiro atoms. The first-order chi connectivity index (χ1) is 14.5. The van der Waals surface area contributed by atoms with Gasteiger partial charge < -0.3 is 4.90 Å². The van der Waals surface area contributed by atoms with E-state index in [9.17, 15) is 14.4 Å². The van der Waals surface area contributed by atoms with Crippen LogP contribution in [0.4, 0.5) is 10.5 Å². The molecule has 1 atom stereocenters. The van der Waals surface area contributed by atoms with E-state index in [-0.39, 0.29) is 16.4 Å². The molecule has 1 N–H and O–H groups in total. The lowest BCUT2D eigenvalue weighted by Gasteiger charge is -2.49. The van der Waals surface area contributed by atoms with Crippen LogP contribution in [-0.4, -0.2) is 22.6 Å². The molecule has 31 heavy (non-hydrogen) atoms. The predicted octanol–water partition coefficient (Wildman–Crippen LogP) is 5.52. The number of amides is 3. The summed E-state index contributed by atoms with van der Waals surface area (Å²) < 4.78 is 0. The molecule has 0 aromatic heterocycles. The normalized spacial score (nSPS) is 26.4. The maximum Gasteiger partial charge on any atom is 0.290 e. The zero-order chi connectivity index (χ0) is 22.3. The molecule has 0 saturated carbocycles. The van der Waals surface area contributed by atoms with Gasteiger partial charge in [0.15, 0.2) is 0 Å². The SMILES string of the molecule is CC1(c2ccc(Cl)cc2)CC(C)(C)N2C(=O)/C(=C3\SC(=O)NC3=O)c3cc(Cl)cc1c32. The summed E-state index contributed by atoms with van der Waals surface area (Å²) in [6, 6.07) is 11.3. The first-order valence-corrected chi connectivity index (χ1v) is 11.3. The number of hydrogen-bond donors (Lipinski definition) is 1. The lowest BCUT2D eigenvalue weighted by Crippen LogP contribution is -2.54. The summed E-state index contributed by atoms with van der Waals surface area (Å²) in [5.41, 5.74) is 2.56. The van der Waals surface area contributed by atoms with E-state index in [1.807, 2.05) is 44.2 Å². The summed E-state index contributed by atoms with van der Waals surface area (Å²) in [4.78, 5) is 39.8. The molecule has 1 fully saturated rings. The van der Waals surface area contributed by atoms with E-state index in [1.54, 1.807) is 11.0 Å². The Kier molecular flexibility index (Phi) is 4.39. The van der Waals surface area contributed by atoms with Gasteiger partial charge in [-0.1, -0.05) is 42.3 Å². The van der Waals surface area contributed by atoms with E-state index in [0.29, 0.717) is 22.0 Å². The number of rotatable bonds is 1. The number of thioether (sulfide) groups is 1. The minimum absolute atomic E-state index is 0.123. The minimum Gasteiger partial charge on any atom is -0.302 e. The third kappa shape index (κ3) is 2.89. The third-order valence-electron chi connectivity index (χ3n) is 6.30. The average molecular weight is 473 g/mol. The van der Waals surface area contributed by atoms with Gasteiger partial charge in [0, 0.05) is 26.6 Å². The van der Waals surface area contributed by atoms with E-state index >= 15 is 0 Å². The van der Waals surface area contributed by atoms with Crippen LogP contribution < -0.4 is 10.2 Å². The third-order valence-corrected chi connectivity index (χ3v) is 7.65. The Morgan fingerprint density at radius 3 is 2.29 bits per heavy atom. The molecule has 5 nitrogen and oxygen atoms in total. The number of hydrogen-bond acceptors (Lipinski definition) is 4. The number of carbonyl (C=O) groups excluding carboxylic acids is 3. The van der Waals surface area contributed by atoms with Crippen molar-refractivity contribution < 1.29 is 14.4 Å². The molecule has 158 valence electrons. The monoisotopic (exact) mass is 472 g/mol. The summed E-state index contributed by atoms with van der Waals surface area (Å²) in [7, 11) is 0. The zero-order valence-corrected chi connectivity index (χ0v) is 19.3. The van der Waals surface area contributed by atoms with Crippen molar-refractivity contribution in [2.75, 3.05) is 4.90 Å². The summed E-state index contributed by atoms with van der Waals surface area (Å²) in [6.07, 6.45) is 0.640. The van der Waals surface area contributed by atoms with Gasteiger partial charge in [0.05, 0.1) is 16.2 Å². The van der Waals surface area contributed by atoms with Crippen LogP contribution >= 0.6 is 35.0 Å². The smallest absolute Gasteiger partial charge is 0.290 e. The molecule has 2 aromatic carbocycles. The Hall–Kier alpha value is -2.28. The van der Waals surface area contributed by atoms with Gasteiger partial charge >= 0.3 is 0 Å². The van der Waals surface area contributed by atoms with Crippen molar-refractivity contribution in [3.8, 4) is 0 Å². The summed E-state index contributed by atoms with van der Waals surface area (Å²) >= 11 is 13.4. The number of nitrogens with zero attached hydrogens (tertiary/aromatic N) is 1. The zero-order valence-electron chi connectivity index (χ0n) is 17.0. The second kappa shape index (κ2) is 6.61. The van der Waals surface area contributed by atoms with Crippen LogP contribution in [0.1, 0.15) is 43.9 Å². The van der Waals surface area contributed by atoms with E-state index < -0.39 is 22.1 Å². The molecule has 8 heteroatoms. The average Bonchev–Trinajstić information content (AvgIpc) is 3.15. The van der Waals surface area contributed by atoms with Crippen LogP contribution in [0.3, 0.4) is 0 Å². The van der Waals surface area contributed by atoms with Crippen molar-refractivity contribution >= 4 is 63.3 Å². The second-order valence-corrected chi connectivity index (χ2v) is 10.7. The molecule has 1 unspecified atom stereocenters. The Labute approximate surface area is 193 Å². The molecule has 2 aromatic rings. The van der Waals surface area contributed by atoms with Gasteiger partial charge in [-0.3, -0.25) is 19.7 Å². The molecule has 1 saturated heterocycles. The minimum atomic E-state index is -0.551. The Morgan fingerprint density at radius 1 is 1.00 bits per heavy atom. The van der Waals surface area contributed by atoms with Gasteiger partial charge in [0.25, 0.3) is 17.1 Å². The highest BCUT2D eigenvalue weighted by Crippen LogP contribution is 2.57. The van der Waals surface area contributed by atoms with Gasteiger partial charge in [-0.2, -0.15) is 0 Å². The van der Waals surface area contributed by atoms with Crippen molar-refractivity contribution in [1.29, 1.82) is 0 Å². The number of benzene rings is 2. The lowest BCUT2D eigenvalue weighted by atomic mass is 9.65. The molecular weight excluding hydrogens is 455 g/mol. The largest absolute Gasteiger partial charge is 0.302 e. The number of anilines is 1. The highest BCUT2D eigenvalue weighted by Gasteiger charge is 2.54. The maximum atomic E-state index is 13.6. The highest BCUT2D eigenvalue weighted by atomic mass is 35.5. The first kappa shape index (κ1) is 20.6. The maximum absolute atomic E-state index is 13.6. The molecule has 3 heterocycles. The van der Waals surface area contributed by atoms with Gasteiger partial charge in [0.2, 0.25) is 0 Å². The fourth-order valence-corrected chi connectivity index (χ4v) is 6.29. The van der Waals surface area contributed by atoms with Crippen LogP contribution in [0.25, 0.3) is 5.57 Å². The molecule has 0 aliphatic carbocycles. The van der Waals surface area contributed by atoms with Crippen LogP contribution in [0.15, 0.2) is 41.3 Å². The van der Waals surface area contributed by atoms with E-state index in [2.05, 4.69) is 12.2 Å². The van der Waals surface area contributed by atoms with Crippen molar-refractivity contribution in [1.82, 2.24) is 5.32 Å². The van der Waals surface area contributed by atoms with Crippen molar-refractivity contribution in [2.45, 2.75) is 38.1 Å². The number of carbonyl (C=O) groups is 3. The van der Waals surface area contributed by atoms with Crippen molar-refractivity contribution in [2.24, 2.45) is 0 Å². The van der Waals surface area contributed by atoms with E-state index in [1.165, 1.54) is 0 Å². The molecule has 3 amide bonds. The summed E-state index contributed by atoms with van der Waals surface area (Å²) in [5, 5.41) is 2.89. The van der Waals surface area contributed by atoms with Crippen molar-refractivity contribution in [3.63, 3.8) is 0 Å². The van der Waals surface area contributed by atoms with Crippen LogP contribution in [0, 0.1) is 0 Å². The molecule has 3 aliphatic heterocycles. The molecule has 0 radical (unpaired) electrons. The van der Waals surface area contributed by atoms with Gasteiger partial charge in [0.1, 0.15) is 0 Å². The van der Waals surface area contributed by atoms with Gasteiger partial charge in [-0.25, -0.2) is 0 Å². The number of nitrogens with one attached hydrogen (secondary N) is 1. The van der Waals surface area contributed by atoms with Gasteiger partial charge in [-0.15, -0.1) is 0 Å². The fraction of sp³-hybridized carbons (Fsp3) is 0.261. The standard InChI is InChI=1S/C23H18Cl2N2O3S/c1-22(2)10-23(3,11-4-6-12(24)7-5-11)15-9-13(25)8-14-16(20(29)27(22)17(14)15)18-19(28)26-21(30)31-18/h4-9H,10H2,1-3H3,(H,26,28,30)/b18-16-. The summed E-state index contributed by atoms with van der Waals surface area (Å²) in [6.45, 7) is 6.17. The number of halogens is 2. The Bertz CT molecular complexity index is 1240. The van der Waals surface area contributed by atoms with Gasteiger partial charge in [-0.05, 0) is 67.4 Å². The van der Waals surface area contributed by atoms with E-state index in [4.69, 9.17) is 23.2 Å². The predicted molar refractivity (Wildman–Crippen MR) is 124 cm³/mol. The number of imide groups is 1. The lowest BCUT2D eigenvalue weighted by molar-refractivity contribution is -0.116. The molecule has 0 bridgehead atoms. The van der Waals surface area contributed by atoms with Crippen LogP contribution in [0.2, 0.25) is 10.0 Å². The van der Waals surface area contributed by atoms with Crippen molar-refractivity contribution in [3.05, 3.63) is 68.0 Å². The van der Waals surface area contributed by atoms with E-state index in [0.717, 1.165) is 28.6 Å². The topological polar surface area (TPSA) is 66.5 Å². The fourth-order valence-electron chi connectivity index (χ4n) is 5.17. The Balaban J connectivity index is 1.84.